The van der Waals surface area contributed by atoms with Crippen LogP contribution in [0.25, 0.3) is 198 Å². The van der Waals surface area contributed by atoms with Crippen LogP contribution >= 0.6 is 0 Å². The van der Waals surface area contributed by atoms with Crippen molar-refractivity contribution in [2.24, 2.45) is 0 Å². The Hall–Kier alpha value is -13.8. The molecule has 0 bridgehead atoms. The van der Waals surface area contributed by atoms with Gasteiger partial charge >= 0.3 is 0 Å². The van der Waals surface area contributed by atoms with E-state index in [1.807, 2.05) is 0 Å². The quantitative estimate of drug-likeness (QED) is 0.144. The van der Waals surface area contributed by atoms with Crippen molar-refractivity contribution in [2.45, 2.75) is 0 Å². The summed E-state index contributed by atoms with van der Waals surface area (Å²) in [6.07, 6.45) is 0. The van der Waals surface area contributed by atoms with Crippen LogP contribution in [0.1, 0.15) is 0 Å². The monoisotopic (exact) mass is 1320 g/mol. The van der Waals surface area contributed by atoms with Crippen molar-refractivity contribution in [3.8, 4) is 67.3 Å². The maximum Gasteiger partial charge on any atom is 0.0541 e. The summed E-state index contributed by atoms with van der Waals surface area (Å²) in [6.45, 7) is 0. The molecule has 0 unspecified atom stereocenters. The summed E-state index contributed by atoms with van der Waals surface area (Å²) in [7, 11) is 0. The highest BCUT2D eigenvalue weighted by Gasteiger charge is 2.21. The Labute approximate surface area is 600 Å². The Morgan fingerprint density at radius 1 is 0.135 bits per heavy atom. The van der Waals surface area contributed by atoms with Gasteiger partial charge in [-0.3, -0.25) is 0 Å². The zero-order valence-electron chi connectivity index (χ0n) is 56.7. The standard InChI is InChI=1S/2C50H32N2/c1-3-13-35-29-39(22-21-33(35)11-1)41-15-5-8-18-46(41)52-48-20-10-7-17-43(48)45-32-38(25-28-50(45)52)37-24-27-49-44(31-37)42-16-6-9-19-47(42)51(49)40-26-23-34-12-2-4-14-36(34)30-40;1-3-12-35-28-38(21-20-33(35)10-1)37-14-9-15-41(30-37)51-47-18-7-5-16-43(47)45-31-39(23-26-49(45)51)40-24-27-50-46(32-40)44-17-6-8-19-48(44)52(50)42-25-22-34-11-2-4-13-36(34)29-42/h2*1-32H. The fourth-order valence-corrected chi connectivity index (χ4v) is 16.8. The maximum absolute atomic E-state index is 2.44. The molecule has 4 heteroatoms. The van der Waals surface area contributed by atoms with E-state index in [0.29, 0.717) is 0 Å². The second-order valence-corrected chi connectivity index (χ2v) is 27.6. The molecule has 0 amide bonds. The molecule has 0 atom stereocenters. The molecule has 0 aliphatic carbocycles. The molecule has 484 valence electrons. The van der Waals surface area contributed by atoms with Crippen LogP contribution in [-0.4, -0.2) is 18.3 Å². The molecule has 4 nitrogen and oxygen atoms in total. The summed E-state index contributed by atoms with van der Waals surface area (Å²) < 4.78 is 9.67. The van der Waals surface area contributed by atoms with Crippen LogP contribution in [0.4, 0.5) is 0 Å². The van der Waals surface area contributed by atoms with Crippen LogP contribution in [0.5, 0.6) is 0 Å². The third-order valence-corrected chi connectivity index (χ3v) is 21.7. The highest BCUT2D eigenvalue weighted by molar-refractivity contribution is 6.16. The zero-order chi connectivity index (χ0) is 68.3. The van der Waals surface area contributed by atoms with E-state index in [1.165, 1.54) is 192 Å². The molecule has 0 fully saturated rings. The molecule has 0 radical (unpaired) electrons. The van der Waals surface area contributed by atoms with Gasteiger partial charge in [-0.05, 0) is 209 Å². The van der Waals surface area contributed by atoms with E-state index >= 15 is 0 Å². The van der Waals surface area contributed by atoms with Gasteiger partial charge in [0.15, 0.2) is 0 Å². The first kappa shape index (κ1) is 59.1. The van der Waals surface area contributed by atoms with Crippen molar-refractivity contribution in [2.75, 3.05) is 0 Å². The zero-order valence-corrected chi connectivity index (χ0v) is 56.7. The van der Waals surface area contributed by atoms with Crippen LogP contribution in [-0.2, 0) is 0 Å². The fourth-order valence-electron chi connectivity index (χ4n) is 16.8. The van der Waals surface area contributed by atoms with Crippen LogP contribution in [0, 0.1) is 0 Å². The second kappa shape index (κ2) is 24.0. The molecule has 0 N–H and O–H groups in total. The van der Waals surface area contributed by atoms with Crippen molar-refractivity contribution in [3.05, 3.63) is 388 Å². The Morgan fingerprint density at radius 3 is 0.846 bits per heavy atom. The normalized spacial score (nSPS) is 11.8. The van der Waals surface area contributed by atoms with E-state index in [4.69, 9.17) is 0 Å². The molecule has 0 spiro atoms. The summed E-state index contributed by atoms with van der Waals surface area (Å²) in [5.41, 5.74) is 24.1. The van der Waals surface area contributed by atoms with Crippen LogP contribution in [0.15, 0.2) is 388 Å². The van der Waals surface area contributed by atoms with Gasteiger partial charge in [0.05, 0.1) is 49.8 Å². The summed E-state index contributed by atoms with van der Waals surface area (Å²) in [6, 6.07) is 142. The van der Waals surface area contributed by atoms with Crippen molar-refractivity contribution < 1.29 is 0 Å². The lowest BCUT2D eigenvalue weighted by Crippen LogP contribution is -1.97. The minimum absolute atomic E-state index is 1.16. The Kier molecular flexibility index (Phi) is 13.6. The summed E-state index contributed by atoms with van der Waals surface area (Å²) in [4.78, 5) is 0. The number of nitrogens with zero attached hydrogens (tertiary/aromatic N) is 4. The molecule has 0 aliphatic heterocycles. The molecule has 4 aromatic heterocycles. The van der Waals surface area contributed by atoms with E-state index in [1.54, 1.807) is 0 Å². The number of aromatic nitrogens is 4. The van der Waals surface area contributed by atoms with Gasteiger partial charge in [0.1, 0.15) is 0 Å². The molecule has 0 aliphatic rings. The lowest BCUT2D eigenvalue weighted by molar-refractivity contribution is 1.18. The molecule has 4 heterocycles. The van der Waals surface area contributed by atoms with Gasteiger partial charge in [0, 0.05) is 65.7 Å². The lowest BCUT2D eigenvalue weighted by Gasteiger charge is -2.15. The average molecular weight is 1320 g/mol. The van der Waals surface area contributed by atoms with E-state index in [9.17, 15) is 0 Å². The fraction of sp³-hybridized carbons (Fsp3) is 0. The minimum atomic E-state index is 1.16. The largest absolute Gasteiger partial charge is 0.309 e. The molecular weight excluding hydrogens is 1260 g/mol. The Morgan fingerprint density at radius 2 is 0.413 bits per heavy atom. The predicted octanol–water partition coefficient (Wildman–Crippen LogP) is 27.0. The molecule has 104 heavy (non-hydrogen) atoms. The highest BCUT2D eigenvalue weighted by atomic mass is 15.0. The molecule has 18 aromatic carbocycles. The molecular formula is C100H64N4. The Bertz CT molecular complexity index is 7250. The van der Waals surface area contributed by atoms with Crippen molar-refractivity contribution in [1.29, 1.82) is 0 Å². The third-order valence-electron chi connectivity index (χ3n) is 21.7. The topological polar surface area (TPSA) is 19.7 Å². The molecule has 22 rings (SSSR count). The van der Waals surface area contributed by atoms with Gasteiger partial charge in [-0.15, -0.1) is 0 Å². The van der Waals surface area contributed by atoms with E-state index in [-0.39, 0.29) is 0 Å². The average Bonchev–Trinajstić information content (AvgIpc) is 1.62. The van der Waals surface area contributed by atoms with E-state index in [2.05, 4.69) is 407 Å². The SMILES string of the molecule is c1cc(-c2ccc3ccccc3c2)cc(-n2c3ccccc3c3cc(-c4ccc5c(c4)c4ccccc4n5-c4ccc5ccccc5c4)ccc32)c1.c1ccc(-n2c3ccccc3c3cc(-c4ccc5c(c4)c4ccccc4n5-c4ccc5ccccc5c4)ccc32)c(-c2ccc3ccccc3c2)c1. The number of hydrogen-bond donors (Lipinski definition) is 0. The number of rotatable bonds is 8. The lowest BCUT2D eigenvalue weighted by atomic mass is 9.99. The number of benzene rings is 18. The van der Waals surface area contributed by atoms with E-state index < -0.39 is 0 Å². The summed E-state index contributed by atoms with van der Waals surface area (Å²) >= 11 is 0. The number of fused-ring (bicyclic) bond motifs is 16. The minimum Gasteiger partial charge on any atom is -0.309 e. The molecule has 0 saturated carbocycles. The summed E-state index contributed by atoms with van der Waals surface area (Å²) in [5, 5.41) is 20.1. The maximum atomic E-state index is 2.44. The van der Waals surface area contributed by atoms with Crippen molar-refractivity contribution >= 4 is 130 Å². The predicted molar refractivity (Wildman–Crippen MR) is 442 cm³/mol. The van der Waals surface area contributed by atoms with Crippen LogP contribution in [0.3, 0.4) is 0 Å². The highest BCUT2D eigenvalue weighted by Crippen LogP contribution is 2.44. The van der Waals surface area contributed by atoms with E-state index in [0.717, 1.165) is 5.69 Å². The first-order valence-electron chi connectivity index (χ1n) is 35.9. The first-order valence-corrected chi connectivity index (χ1v) is 35.9. The third kappa shape index (κ3) is 9.68. The smallest absolute Gasteiger partial charge is 0.0541 e. The van der Waals surface area contributed by atoms with Crippen LogP contribution < -0.4 is 0 Å². The van der Waals surface area contributed by atoms with Gasteiger partial charge in [0.25, 0.3) is 0 Å². The molecule has 22 aromatic rings. The van der Waals surface area contributed by atoms with Gasteiger partial charge in [-0.1, -0.05) is 261 Å². The van der Waals surface area contributed by atoms with Gasteiger partial charge in [0.2, 0.25) is 0 Å². The van der Waals surface area contributed by atoms with Crippen LogP contribution in [0.2, 0.25) is 0 Å². The van der Waals surface area contributed by atoms with Gasteiger partial charge in [-0.25, -0.2) is 0 Å². The number of para-hydroxylation sites is 5. The first-order chi connectivity index (χ1) is 51.5. The summed E-state index contributed by atoms with van der Waals surface area (Å²) in [5.74, 6) is 0. The van der Waals surface area contributed by atoms with Crippen molar-refractivity contribution in [1.82, 2.24) is 18.3 Å². The molecule has 0 saturated heterocycles. The van der Waals surface area contributed by atoms with Crippen molar-refractivity contribution in [3.63, 3.8) is 0 Å². The number of hydrogen-bond acceptors (Lipinski definition) is 0. The van der Waals surface area contributed by atoms with Gasteiger partial charge < -0.3 is 18.3 Å². The van der Waals surface area contributed by atoms with Gasteiger partial charge in [-0.2, -0.15) is 0 Å². The Balaban J connectivity index is 0.000000134. The second-order valence-electron chi connectivity index (χ2n) is 27.6.